The average Bonchev–Trinajstić information content (AvgIpc) is 3.03. The quantitative estimate of drug-likeness (QED) is 0.835. The van der Waals surface area contributed by atoms with Crippen LogP contribution in [0.15, 0.2) is 18.2 Å². The molecule has 0 fully saturated rings. The van der Waals surface area contributed by atoms with Crippen LogP contribution in [0.5, 0.6) is 0 Å². The Kier molecular flexibility index (Phi) is 4.45. The second-order valence-electron chi connectivity index (χ2n) is 5.60. The molecule has 1 aromatic heterocycles. The molecule has 6 nitrogen and oxygen atoms in total. The molecule has 114 valence electrons. The number of carbonyl (C=O) groups excluding carboxylic acids is 1. The van der Waals surface area contributed by atoms with Gasteiger partial charge in [0.15, 0.2) is 0 Å². The minimum absolute atomic E-state index is 0.281. The molecule has 0 aliphatic carbocycles. The summed E-state index contributed by atoms with van der Waals surface area (Å²) in [7, 11) is 0. The molecule has 21 heavy (non-hydrogen) atoms. The predicted molar refractivity (Wildman–Crippen MR) is 78.0 cm³/mol. The highest BCUT2D eigenvalue weighted by Crippen LogP contribution is 2.17. The van der Waals surface area contributed by atoms with Crippen LogP contribution in [0.25, 0.3) is 0 Å². The molecule has 0 radical (unpaired) electrons. The molecule has 0 saturated carbocycles. The third kappa shape index (κ3) is 3.15. The molecule has 2 rings (SSSR count). The minimum atomic E-state index is -1.01. The fraction of sp³-hybridized carbons (Fsp3) is 0.533. The number of nitrogens with zero attached hydrogens (tertiary/aromatic N) is 3. The molecule has 0 unspecified atom stereocenters. The van der Waals surface area contributed by atoms with Crippen LogP contribution >= 0.6 is 0 Å². The summed E-state index contributed by atoms with van der Waals surface area (Å²) in [4.78, 5) is 25.1. The van der Waals surface area contributed by atoms with E-state index in [1.165, 1.54) is 4.90 Å². The van der Waals surface area contributed by atoms with Crippen molar-refractivity contribution in [1.29, 1.82) is 0 Å². The van der Waals surface area contributed by atoms with Gasteiger partial charge < -0.3 is 10.0 Å². The van der Waals surface area contributed by atoms with Crippen LogP contribution in [0.3, 0.4) is 0 Å². The van der Waals surface area contributed by atoms with Gasteiger partial charge >= 0.3 is 5.97 Å². The van der Waals surface area contributed by atoms with E-state index in [9.17, 15) is 9.59 Å². The smallest absolute Gasteiger partial charge is 0.330 e. The van der Waals surface area contributed by atoms with E-state index in [4.69, 9.17) is 5.11 Å². The summed E-state index contributed by atoms with van der Waals surface area (Å²) in [6, 6.07) is 0.898. The number of aliphatic carboxylic acids is 1. The first-order chi connectivity index (χ1) is 9.93. The number of carbonyl (C=O) groups is 2. The van der Waals surface area contributed by atoms with E-state index in [0.29, 0.717) is 24.7 Å². The highest BCUT2D eigenvalue weighted by atomic mass is 16.4. The van der Waals surface area contributed by atoms with E-state index in [0.717, 1.165) is 12.1 Å². The van der Waals surface area contributed by atoms with Crippen molar-refractivity contribution in [2.24, 2.45) is 5.92 Å². The molecule has 6 heteroatoms. The molecule has 1 amide bonds. The van der Waals surface area contributed by atoms with E-state index >= 15 is 0 Å². The summed E-state index contributed by atoms with van der Waals surface area (Å²) in [5.74, 6) is -0.841. The first-order valence-corrected chi connectivity index (χ1v) is 7.21. The van der Waals surface area contributed by atoms with Gasteiger partial charge in [-0.05, 0) is 25.3 Å². The van der Waals surface area contributed by atoms with Gasteiger partial charge in [-0.2, -0.15) is 5.10 Å². The van der Waals surface area contributed by atoms with Gasteiger partial charge in [0, 0.05) is 13.1 Å². The van der Waals surface area contributed by atoms with Gasteiger partial charge in [0.25, 0.3) is 5.91 Å². The lowest BCUT2D eigenvalue weighted by atomic mass is 10.1. The van der Waals surface area contributed by atoms with Crippen LogP contribution in [0.4, 0.5) is 0 Å². The maximum absolute atomic E-state index is 12.6. The summed E-state index contributed by atoms with van der Waals surface area (Å²) >= 11 is 0. The molecular formula is C15H21N3O3. The predicted octanol–water partition coefficient (Wildman–Crippen LogP) is 1.57. The SMILES string of the molecule is CCn1nc(CC(C)C)cc1C(=O)N1CC=C[C@@H]1C(=O)O. The Bertz CT molecular complexity index is 575. The molecule has 1 aromatic rings. The molecule has 0 bridgehead atoms. The number of hydrogen-bond donors (Lipinski definition) is 1. The van der Waals surface area contributed by atoms with Gasteiger partial charge in [0.05, 0.1) is 5.69 Å². The van der Waals surface area contributed by atoms with Gasteiger partial charge in [-0.1, -0.05) is 26.0 Å². The average molecular weight is 291 g/mol. The van der Waals surface area contributed by atoms with Crippen molar-refractivity contribution in [3.8, 4) is 0 Å². The topological polar surface area (TPSA) is 75.4 Å². The van der Waals surface area contributed by atoms with Crippen molar-refractivity contribution in [1.82, 2.24) is 14.7 Å². The van der Waals surface area contributed by atoms with Gasteiger partial charge in [0.2, 0.25) is 0 Å². The van der Waals surface area contributed by atoms with Crippen LogP contribution in [-0.2, 0) is 17.8 Å². The molecule has 1 aliphatic rings. The first-order valence-electron chi connectivity index (χ1n) is 7.21. The van der Waals surface area contributed by atoms with E-state index < -0.39 is 12.0 Å². The van der Waals surface area contributed by atoms with Crippen LogP contribution < -0.4 is 0 Å². The molecule has 0 spiro atoms. The van der Waals surface area contributed by atoms with Crippen molar-refractivity contribution in [3.05, 3.63) is 29.6 Å². The van der Waals surface area contributed by atoms with Crippen molar-refractivity contribution in [2.75, 3.05) is 6.54 Å². The highest BCUT2D eigenvalue weighted by molar-refractivity contribution is 5.96. The fourth-order valence-electron chi connectivity index (χ4n) is 2.49. The molecule has 1 atom stereocenters. The Morgan fingerprint density at radius 2 is 2.19 bits per heavy atom. The Labute approximate surface area is 124 Å². The minimum Gasteiger partial charge on any atom is -0.479 e. The monoisotopic (exact) mass is 291 g/mol. The Hall–Kier alpha value is -2.11. The van der Waals surface area contributed by atoms with E-state index in [1.807, 2.05) is 6.92 Å². The van der Waals surface area contributed by atoms with Crippen LogP contribution in [0, 0.1) is 5.92 Å². The lowest BCUT2D eigenvalue weighted by Crippen LogP contribution is -2.41. The van der Waals surface area contributed by atoms with Crippen LogP contribution in [-0.4, -0.2) is 44.3 Å². The third-order valence-corrected chi connectivity index (χ3v) is 3.44. The van der Waals surface area contributed by atoms with Crippen LogP contribution in [0.2, 0.25) is 0 Å². The zero-order valence-corrected chi connectivity index (χ0v) is 12.6. The van der Waals surface area contributed by atoms with Crippen molar-refractivity contribution >= 4 is 11.9 Å². The first kappa shape index (κ1) is 15.3. The largest absolute Gasteiger partial charge is 0.479 e. The Balaban J connectivity index is 2.26. The zero-order chi connectivity index (χ0) is 15.6. The van der Waals surface area contributed by atoms with E-state index in [2.05, 4.69) is 18.9 Å². The van der Waals surface area contributed by atoms with Gasteiger partial charge in [-0.15, -0.1) is 0 Å². The lowest BCUT2D eigenvalue weighted by molar-refractivity contribution is -0.140. The van der Waals surface area contributed by atoms with Crippen molar-refractivity contribution < 1.29 is 14.7 Å². The standard InChI is InChI=1S/C15H21N3O3/c1-4-18-13(9-11(16-18)8-10(2)3)14(19)17-7-5-6-12(17)15(20)21/h5-6,9-10,12H,4,7-8H2,1-3H3,(H,20,21)/t12-/m1/s1. The number of rotatable bonds is 5. The fourth-order valence-corrected chi connectivity index (χ4v) is 2.49. The lowest BCUT2D eigenvalue weighted by Gasteiger charge is -2.21. The number of aromatic nitrogens is 2. The zero-order valence-electron chi connectivity index (χ0n) is 12.6. The number of amides is 1. The maximum atomic E-state index is 12.6. The van der Waals surface area contributed by atoms with Crippen LogP contribution in [0.1, 0.15) is 37.0 Å². The third-order valence-electron chi connectivity index (χ3n) is 3.44. The summed E-state index contributed by atoms with van der Waals surface area (Å²) in [6.07, 6.45) is 4.05. The maximum Gasteiger partial charge on any atom is 0.330 e. The molecule has 0 aromatic carbocycles. The number of carboxylic acid groups (broad SMARTS) is 1. The second kappa shape index (κ2) is 6.11. The normalized spacial score (nSPS) is 17.7. The number of hydrogen-bond acceptors (Lipinski definition) is 3. The summed E-state index contributed by atoms with van der Waals surface area (Å²) in [6.45, 7) is 7.01. The molecule has 0 saturated heterocycles. The van der Waals surface area contributed by atoms with Gasteiger partial charge in [0.1, 0.15) is 11.7 Å². The molecule has 1 aliphatic heterocycles. The molecular weight excluding hydrogens is 270 g/mol. The highest BCUT2D eigenvalue weighted by Gasteiger charge is 2.32. The van der Waals surface area contributed by atoms with Crippen molar-refractivity contribution in [2.45, 2.75) is 39.8 Å². The molecule has 2 heterocycles. The summed E-state index contributed by atoms with van der Waals surface area (Å²) < 4.78 is 1.65. The summed E-state index contributed by atoms with van der Waals surface area (Å²) in [5, 5.41) is 13.6. The van der Waals surface area contributed by atoms with Gasteiger partial charge in [-0.3, -0.25) is 9.48 Å². The summed E-state index contributed by atoms with van der Waals surface area (Å²) in [5.41, 5.74) is 1.33. The number of carboxylic acids is 1. The Morgan fingerprint density at radius 3 is 2.76 bits per heavy atom. The van der Waals surface area contributed by atoms with Gasteiger partial charge in [-0.25, -0.2) is 4.79 Å². The Morgan fingerprint density at radius 1 is 1.48 bits per heavy atom. The second-order valence-corrected chi connectivity index (χ2v) is 5.60. The molecule has 1 N–H and O–H groups in total. The van der Waals surface area contributed by atoms with E-state index in [-0.39, 0.29) is 5.91 Å². The number of aryl methyl sites for hydroxylation is 1. The van der Waals surface area contributed by atoms with E-state index in [1.54, 1.807) is 22.9 Å². The van der Waals surface area contributed by atoms with Crippen molar-refractivity contribution in [3.63, 3.8) is 0 Å².